The van der Waals surface area contributed by atoms with E-state index in [4.69, 9.17) is 13.4 Å². The summed E-state index contributed by atoms with van der Waals surface area (Å²) in [4.78, 5) is 14.5. The average Bonchev–Trinajstić information content (AvgIpc) is 3.42. The van der Waals surface area contributed by atoms with Crippen molar-refractivity contribution in [2.24, 2.45) is 0 Å². The van der Waals surface area contributed by atoms with E-state index in [0.717, 1.165) is 35.4 Å². The molecule has 27 heavy (non-hydrogen) atoms. The Morgan fingerprint density at radius 1 is 1.26 bits per heavy atom. The van der Waals surface area contributed by atoms with Crippen LogP contribution in [0.4, 0.5) is 0 Å². The zero-order valence-corrected chi connectivity index (χ0v) is 15.5. The monoisotopic (exact) mass is 370 g/mol. The first-order valence-electron chi connectivity index (χ1n) is 9.17. The van der Waals surface area contributed by atoms with E-state index in [1.807, 2.05) is 18.7 Å². The standard InChI is InChI=1S/C19H22N4O4/c1-12-16(13(2)27-22-12)3-4-17(24)23-8-5-14(6-9-23)18-20-21-19(26-18)15-7-10-25-11-15/h7,10-11,14H,3-6,8-9H2,1-2H3. The van der Waals surface area contributed by atoms with Crippen molar-refractivity contribution in [3.8, 4) is 11.5 Å². The summed E-state index contributed by atoms with van der Waals surface area (Å²) in [6, 6.07) is 1.79. The highest BCUT2D eigenvalue weighted by molar-refractivity contribution is 5.76. The van der Waals surface area contributed by atoms with Crippen molar-refractivity contribution >= 4 is 5.91 Å². The lowest BCUT2D eigenvalue weighted by Gasteiger charge is -2.30. The van der Waals surface area contributed by atoms with Gasteiger partial charge in [0.25, 0.3) is 5.89 Å². The fourth-order valence-corrected chi connectivity index (χ4v) is 3.53. The van der Waals surface area contributed by atoms with Crippen LogP contribution in [0.15, 0.2) is 32.0 Å². The Kier molecular flexibility index (Phi) is 4.79. The van der Waals surface area contributed by atoms with Crippen molar-refractivity contribution in [3.05, 3.63) is 41.5 Å². The number of carbonyl (C=O) groups excluding carboxylic acids is 1. The molecule has 1 aliphatic rings. The van der Waals surface area contributed by atoms with Gasteiger partial charge >= 0.3 is 0 Å². The molecule has 8 heteroatoms. The van der Waals surface area contributed by atoms with Gasteiger partial charge in [-0.2, -0.15) is 0 Å². The molecule has 4 heterocycles. The maximum atomic E-state index is 12.5. The van der Waals surface area contributed by atoms with Crippen LogP contribution in [0.1, 0.15) is 48.1 Å². The van der Waals surface area contributed by atoms with Gasteiger partial charge < -0.3 is 18.3 Å². The summed E-state index contributed by atoms with van der Waals surface area (Å²) in [5.74, 6) is 2.25. The molecule has 1 fully saturated rings. The number of hydrogen-bond donors (Lipinski definition) is 0. The lowest BCUT2D eigenvalue weighted by atomic mass is 9.96. The Hall–Kier alpha value is -2.90. The van der Waals surface area contributed by atoms with Crippen molar-refractivity contribution in [3.63, 3.8) is 0 Å². The van der Waals surface area contributed by atoms with Crippen molar-refractivity contribution in [1.82, 2.24) is 20.3 Å². The minimum absolute atomic E-state index is 0.165. The molecule has 0 aliphatic carbocycles. The molecule has 0 saturated carbocycles. The van der Waals surface area contributed by atoms with Gasteiger partial charge in [-0.05, 0) is 39.2 Å². The lowest BCUT2D eigenvalue weighted by molar-refractivity contribution is -0.132. The number of carbonyl (C=O) groups is 1. The number of aromatic nitrogens is 3. The molecule has 0 N–H and O–H groups in total. The van der Waals surface area contributed by atoms with E-state index < -0.39 is 0 Å². The minimum atomic E-state index is 0.165. The van der Waals surface area contributed by atoms with Crippen LogP contribution >= 0.6 is 0 Å². The van der Waals surface area contributed by atoms with Crippen LogP contribution in [0.2, 0.25) is 0 Å². The number of furan rings is 1. The van der Waals surface area contributed by atoms with E-state index in [1.54, 1.807) is 18.6 Å². The van der Waals surface area contributed by atoms with E-state index >= 15 is 0 Å². The third kappa shape index (κ3) is 3.65. The second-order valence-electron chi connectivity index (χ2n) is 6.92. The second-order valence-corrected chi connectivity index (χ2v) is 6.92. The van der Waals surface area contributed by atoms with E-state index in [1.165, 1.54) is 0 Å². The van der Waals surface area contributed by atoms with Crippen LogP contribution in [-0.4, -0.2) is 39.3 Å². The van der Waals surface area contributed by atoms with Gasteiger partial charge in [-0.3, -0.25) is 4.79 Å². The third-order valence-electron chi connectivity index (χ3n) is 5.18. The zero-order chi connectivity index (χ0) is 18.8. The van der Waals surface area contributed by atoms with Gasteiger partial charge in [0.05, 0.1) is 17.5 Å². The van der Waals surface area contributed by atoms with Crippen molar-refractivity contribution in [1.29, 1.82) is 0 Å². The molecule has 1 aliphatic heterocycles. The van der Waals surface area contributed by atoms with Crippen LogP contribution in [0, 0.1) is 13.8 Å². The lowest BCUT2D eigenvalue weighted by Crippen LogP contribution is -2.38. The van der Waals surface area contributed by atoms with E-state index in [9.17, 15) is 4.79 Å². The molecule has 0 radical (unpaired) electrons. The Balaban J connectivity index is 1.30. The van der Waals surface area contributed by atoms with E-state index in [2.05, 4.69) is 15.4 Å². The topological polar surface area (TPSA) is 98.4 Å². The normalized spacial score (nSPS) is 15.4. The van der Waals surface area contributed by atoms with Gasteiger partial charge in [0, 0.05) is 31.0 Å². The Morgan fingerprint density at radius 2 is 2.07 bits per heavy atom. The molecule has 4 rings (SSSR count). The number of aryl methyl sites for hydroxylation is 2. The molecule has 1 saturated heterocycles. The largest absolute Gasteiger partial charge is 0.472 e. The molecule has 0 unspecified atom stereocenters. The van der Waals surface area contributed by atoms with Gasteiger partial charge in [0.1, 0.15) is 12.0 Å². The molecule has 0 spiro atoms. The van der Waals surface area contributed by atoms with Crippen LogP contribution in [0.25, 0.3) is 11.5 Å². The van der Waals surface area contributed by atoms with Crippen molar-refractivity contribution in [2.45, 2.75) is 45.4 Å². The Morgan fingerprint density at radius 3 is 2.74 bits per heavy atom. The van der Waals surface area contributed by atoms with E-state index in [-0.39, 0.29) is 11.8 Å². The van der Waals surface area contributed by atoms with Crippen LogP contribution in [-0.2, 0) is 11.2 Å². The first-order valence-corrected chi connectivity index (χ1v) is 9.17. The maximum absolute atomic E-state index is 12.5. The summed E-state index contributed by atoms with van der Waals surface area (Å²) in [7, 11) is 0. The molecule has 3 aromatic heterocycles. The molecule has 0 aromatic carbocycles. The van der Waals surface area contributed by atoms with Gasteiger partial charge in [-0.25, -0.2) is 0 Å². The zero-order valence-electron chi connectivity index (χ0n) is 15.5. The molecular formula is C19H22N4O4. The van der Waals surface area contributed by atoms with Gasteiger partial charge in [0.15, 0.2) is 0 Å². The second kappa shape index (κ2) is 7.38. The summed E-state index contributed by atoms with van der Waals surface area (Å²) >= 11 is 0. The average molecular weight is 370 g/mol. The number of amides is 1. The number of hydrogen-bond acceptors (Lipinski definition) is 7. The maximum Gasteiger partial charge on any atom is 0.250 e. The molecule has 0 bridgehead atoms. The molecule has 0 atom stereocenters. The smallest absolute Gasteiger partial charge is 0.250 e. The highest BCUT2D eigenvalue weighted by Gasteiger charge is 2.27. The van der Waals surface area contributed by atoms with Crippen LogP contribution in [0.5, 0.6) is 0 Å². The van der Waals surface area contributed by atoms with Crippen LogP contribution in [0.3, 0.4) is 0 Å². The number of likely N-dealkylation sites (tertiary alicyclic amines) is 1. The third-order valence-corrected chi connectivity index (χ3v) is 5.18. The number of piperidine rings is 1. The Labute approximate surface area is 156 Å². The quantitative estimate of drug-likeness (QED) is 0.679. The van der Waals surface area contributed by atoms with Gasteiger partial charge in [0.2, 0.25) is 11.8 Å². The molecule has 142 valence electrons. The van der Waals surface area contributed by atoms with Gasteiger partial charge in [-0.15, -0.1) is 10.2 Å². The predicted molar refractivity (Wildman–Crippen MR) is 94.9 cm³/mol. The highest BCUT2D eigenvalue weighted by Crippen LogP contribution is 2.29. The molecule has 8 nitrogen and oxygen atoms in total. The van der Waals surface area contributed by atoms with E-state index in [0.29, 0.717) is 37.7 Å². The summed E-state index contributed by atoms with van der Waals surface area (Å²) in [6.07, 6.45) is 5.94. The summed E-state index contributed by atoms with van der Waals surface area (Å²) < 4.78 is 16.0. The molecular weight excluding hydrogens is 348 g/mol. The summed E-state index contributed by atoms with van der Waals surface area (Å²) in [5.41, 5.74) is 2.68. The number of rotatable bonds is 5. The molecule has 3 aromatic rings. The SMILES string of the molecule is Cc1noc(C)c1CCC(=O)N1CCC(c2nnc(-c3ccoc3)o2)CC1. The highest BCUT2D eigenvalue weighted by atomic mass is 16.5. The first-order chi connectivity index (χ1) is 13.1. The Bertz CT molecular complexity index is 885. The fourth-order valence-electron chi connectivity index (χ4n) is 3.53. The van der Waals surface area contributed by atoms with Gasteiger partial charge in [-0.1, -0.05) is 5.16 Å². The number of nitrogens with zero attached hydrogens (tertiary/aromatic N) is 4. The minimum Gasteiger partial charge on any atom is -0.472 e. The first kappa shape index (κ1) is 17.5. The van der Waals surface area contributed by atoms with Crippen molar-refractivity contribution < 1.29 is 18.2 Å². The van der Waals surface area contributed by atoms with Crippen molar-refractivity contribution in [2.75, 3.05) is 13.1 Å². The molecule has 1 amide bonds. The summed E-state index contributed by atoms with van der Waals surface area (Å²) in [6.45, 7) is 5.19. The van der Waals surface area contributed by atoms with Crippen LogP contribution < -0.4 is 0 Å². The predicted octanol–water partition coefficient (Wildman–Crippen LogP) is 3.27. The fraction of sp³-hybridized carbons (Fsp3) is 0.474. The summed E-state index contributed by atoms with van der Waals surface area (Å²) in [5, 5.41) is 12.2.